The summed E-state index contributed by atoms with van der Waals surface area (Å²) >= 11 is 0. The Morgan fingerprint density at radius 1 is 1.11 bits per heavy atom. The molecule has 0 bridgehead atoms. The summed E-state index contributed by atoms with van der Waals surface area (Å²) in [5.41, 5.74) is 7.79. The summed E-state index contributed by atoms with van der Waals surface area (Å²) < 4.78 is 0. The van der Waals surface area contributed by atoms with Crippen LogP contribution < -0.4 is 5.73 Å². The monoisotopic (exact) mass is 368 g/mol. The van der Waals surface area contributed by atoms with E-state index in [9.17, 15) is 9.59 Å². The fraction of sp³-hybridized carbons (Fsp3) is 0.565. The third kappa shape index (κ3) is 5.95. The minimum absolute atomic E-state index is 0.0924. The first-order valence-corrected chi connectivity index (χ1v) is 10.4. The molecule has 146 valence electrons. The maximum absolute atomic E-state index is 12.7. The van der Waals surface area contributed by atoms with E-state index in [4.69, 9.17) is 5.73 Å². The molecule has 4 heteroatoms. The summed E-state index contributed by atoms with van der Waals surface area (Å²) in [6.45, 7) is 1.41. The maximum Gasteiger partial charge on any atom is 0.246 e. The highest BCUT2D eigenvalue weighted by Gasteiger charge is 2.22. The van der Waals surface area contributed by atoms with Crippen LogP contribution in [0, 0.1) is 11.8 Å². The first-order chi connectivity index (χ1) is 13.1. The fourth-order valence-electron chi connectivity index (χ4n) is 4.49. The normalized spacial score (nSPS) is 18.6. The highest BCUT2D eigenvalue weighted by atomic mass is 16.2. The van der Waals surface area contributed by atoms with E-state index in [1.54, 1.807) is 6.08 Å². The van der Waals surface area contributed by atoms with Crippen molar-refractivity contribution in [2.75, 3.05) is 0 Å². The van der Waals surface area contributed by atoms with Crippen molar-refractivity contribution in [3.8, 4) is 0 Å². The van der Waals surface area contributed by atoms with Gasteiger partial charge in [-0.1, -0.05) is 62.4 Å². The van der Waals surface area contributed by atoms with Crippen LogP contribution in [0.1, 0.15) is 68.9 Å². The second-order valence-corrected chi connectivity index (χ2v) is 8.18. The van der Waals surface area contributed by atoms with Crippen molar-refractivity contribution < 1.29 is 9.59 Å². The highest BCUT2D eigenvalue weighted by Crippen LogP contribution is 2.31. The van der Waals surface area contributed by atoms with Crippen molar-refractivity contribution in [2.24, 2.45) is 17.6 Å². The predicted molar refractivity (Wildman–Crippen MR) is 108 cm³/mol. The van der Waals surface area contributed by atoms with Crippen LogP contribution in [0.15, 0.2) is 36.4 Å². The molecule has 1 saturated carbocycles. The molecule has 0 unspecified atom stereocenters. The topological polar surface area (TPSA) is 63.4 Å². The Morgan fingerprint density at radius 2 is 1.78 bits per heavy atom. The van der Waals surface area contributed by atoms with E-state index in [2.05, 4.69) is 18.2 Å². The zero-order chi connectivity index (χ0) is 19.1. The maximum atomic E-state index is 12.7. The van der Waals surface area contributed by atoms with E-state index in [0.29, 0.717) is 25.4 Å². The van der Waals surface area contributed by atoms with Crippen LogP contribution >= 0.6 is 0 Å². The molecule has 3 rings (SSSR count). The number of fused-ring (bicyclic) bond motifs is 1. The summed E-state index contributed by atoms with van der Waals surface area (Å²) in [6, 6.07) is 8.26. The molecule has 4 nitrogen and oxygen atoms in total. The van der Waals surface area contributed by atoms with E-state index in [0.717, 1.165) is 25.2 Å². The minimum atomic E-state index is -0.235. The lowest BCUT2D eigenvalue weighted by atomic mass is 9.81. The Kier molecular flexibility index (Phi) is 7.08. The fourth-order valence-corrected chi connectivity index (χ4v) is 4.49. The molecule has 0 radical (unpaired) electrons. The number of amides is 2. The van der Waals surface area contributed by atoms with Gasteiger partial charge in [0.15, 0.2) is 0 Å². The molecule has 2 N–H and O–H groups in total. The Morgan fingerprint density at radius 3 is 2.41 bits per heavy atom. The standard InChI is InChI=1S/C23H32N2O2/c24-22(26)12-6-9-19(15-18-7-2-1-3-8-18)13-14-23(27)25-16-20-10-4-5-11-21(20)17-25/h4-5,10-11,13-14,18-19H,1-3,6-9,12,15-17H2,(H2,24,26)/t19-/m1/s1. The molecule has 27 heavy (non-hydrogen) atoms. The number of hydrogen-bond donors (Lipinski definition) is 1. The second-order valence-electron chi connectivity index (χ2n) is 8.18. The Hall–Kier alpha value is -2.10. The van der Waals surface area contributed by atoms with Crippen molar-refractivity contribution in [1.29, 1.82) is 0 Å². The van der Waals surface area contributed by atoms with Crippen LogP contribution in [-0.2, 0) is 22.7 Å². The predicted octanol–water partition coefficient (Wildman–Crippen LogP) is 4.33. The quantitative estimate of drug-likeness (QED) is 0.694. The molecule has 0 spiro atoms. The van der Waals surface area contributed by atoms with Crippen molar-refractivity contribution in [2.45, 2.75) is 70.9 Å². The molecule has 1 aliphatic carbocycles. The van der Waals surface area contributed by atoms with E-state index in [1.165, 1.54) is 43.2 Å². The zero-order valence-electron chi connectivity index (χ0n) is 16.2. The number of hydrogen-bond acceptors (Lipinski definition) is 2. The molecule has 1 fully saturated rings. The van der Waals surface area contributed by atoms with E-state index in [-0.39, 0.29) is 11.8 Å². The number of carbonyl (C=O) groups is 2. The molecule has 1 heterocycles. The minimum Gasteiger partial charge on any atom is -0.370 e. The lowest BCUT2D eigenvalue weighted by Gasteiger charge is -2.25. The van der Waals surface area contributed by atoms with E-state index in [1.807, 2.05) is 17.0 Å². The molecule has 1 aliphatic heterocycles. The number of carbonyl (C=O) groups excluding carboxylic acids is 2. The Balaban J connectivity index is 1.56. The molecule has 1 atom stereocenters. The van der Waals surface area contributed by atoms with Gasteiger partial charge in [-0.15, -0.1) is 0 Å². The number of benzene rings is 1. The molecular weight excluding hydrogens is 336 g/mol. The summed E-state index contributed by atoms with van der Waals surface area (Å²) in [5.74, 6) is 0.977. The molecule has 1 aromatic rings. The van der Waals surface area contributed by atoms with Gasteiger partial charge in [0, 0.05) is 19.5 Å². The van der Waals surface area contributed by atoms with Crippen LogP contribution in [0.3, 0.4) is 0 Å². The number of nitrogens with two attached hydrogens (primary N) is 1. The number of rotatable bonds is 8. The van der Waals surface area contributed by atoms with Crippen molar-refractivity contribution in [3.05, 3.63) is 47.5 Å². The Labute approximate surface area is 162 Å². The molecule has 1 aromatic carbocycles. The van der Waals surface area contributed by atoms with Crippen LogP contribution in [0.5, 0.6) is 0 Å². The molecule has 0 saturated heterocycles. The smallest absolute Gasteiger partial charge is 0.246 e. The third-order valence-corrected chi connectivity index (χ3v) is 6.02. The van der Waals surface area contributed by atoms with Crippen molar-refractivity contribution in [1.82, 2.24) is 4.90 Å². The zero-order valence-corrected chi connectivity index (χ0v) is 16.2. The van der Waals surface area contributed by atoms with Crippen molar-refractivity contribution >= 4 is 11.8 Å². The van der Waals surface area contributed by atoms with Gasteiger partial charge in [-0.25, -0.2) is 0 Å². The van der Waals surface area contributed by atoms with Gasteiger partial charge in [-0.2, -0.15) is 0 Å². The lowest BCUT2D eigenvalue weighted by molar-refractivity contribution is -0.126. The van der Waals surface area contributed by atoms with Crippen LogP contribution in [0.25, 0.3) is 0 Å². The van der Waals surface area contributed by atoms with Gasteiger partial charge >= 0.3 is 0 Å². The molecule has 0 aromatic heterocycles. The van der Waals surface area contributed by atoms with E-state index >= 15 is 0 Å². The number of primary amides is 1. The largest absolute Gasteiger partial charge is 0.370 e. The average molecular weight is 369 g/mol. The van der Waals surface area contributed by atoms with E-state index < -0.39 is 0 Å². The molecule has 2 amide bonds. The first kappa shape index (κ1) is 19.7. The summed E-state index contributed by atoms with van der Waals surface area (Å²) in [5, 5.41) is 0. The van der Waals surface area contributed by atoms with Gasteiger partial charge in [-0.3, -0.25) is 9.59 Å². The lowest BCUT2D eigenvalue weighted by Crippen LogP contribution is -2.23. The molecule has 2 aliphatic rings. The molecular formula is C23H32N2O2. The number of nitrogens with zero attached hydrogens (tertiary/aromatic N) is 1. The average Bonchev–Trinajstić information content (AvgIpc) is 3.10. The number of allylic oxidation sites excluding steroid dienone is 1. The van der Waals surface area contributed by atoms with Gasteiger partial charge in [0.05, 0.1) is 0 Å². The van der Waals surface area contributed by atoms with Crippen molar-refractivity contribution in [3.63, 3.8) is 0 Å². The SMILES string of the molecule is NC(=O)CCC[C@H](C=CC(=O)N1Cc2ccccc2C1)CC1CCCCC1. The van der Waals surface area contributed by atoms with Gasteiger partial charge in [0.25, 0.3) is 0 Å². The summed E-state index contributed by atoms with van der Waals surface area (Å²) in [4.78, 5) is 25.6. The summed E-state index contributed by atoms with van der Waals surface area (Å²) in [6.07, 6.45) is 13.8. The second kappa shape index (κ2) is 9.72. The summed E-state index contributed by atoms with van der Waals surface area (Å²) in [7, 11) is 0. The van der Waals surface area contributed by atoms with Gasteiger partial charge < -0.3 is 10.6 Å². The van der Waals surface area contributed by atoms with Gasteiger partial charge in [0.1, 0.15) is 0 Å². The van der Waals surface area contributed by atoms with Crippen LogP contribution in [0.4, 0.5) is 0 Å². The first-order valence-electron chi connectivity index (χ1n) is 10.4. The van der Waals surface area contributed by atoms with Crippen LogP contribution in [-0.4, -0.2) is 16.7 Å². The van der Waals surface area contributed by atoms with Crippen LogP contribution in [0.2, 0.25) is 0 Å². The highest BCUT2D eigenvalue weighted by molar-refractivity contribution is 5.88. The Bertz CT molecular complexity index is 652. The van der Waals surface area contributed by atoms with Gasteiger partial charge in [-0.05, 0) is 48.3 Å². The van der Waals surface area contributed by atoms with Gasteiger partial charge in [0.2, 0.25) is 11.8 Å². The third-order valence-electron chi connectivity index (χ3n) is 6.02.